The molecule has 0 aliphatic carbocycles. The van der Waals surface area contributed by atoms with Gasteiger partial charge in [-0.3, -0.25) is 24.3 Å². The monoisotopic (exact) mass is 361 g/mol. The van der Waals surface area contributed by atoms with E-state index < -0.39 is 17.4 Å². The highest BCUT2D eigenvalue weighted by Crippen LogP contribution is 2.25. The Kier molecular flexibility index (Phi) is 3.37. The van der Waals surface area contributed by atoms with E-state index in [1.807, 2.05) is 13.0 Å². The molecule has 1 aromatic carbocycles. The maximum Gasteiger partial charge on any atom is 0.262 e. The molecule has 2 heterocycles. The minimum atomic E-state index is -0.599. The van der Waals surface area contributed by atoms with Gasteiger partial charge < -0.3 is 5.73 Å². The van der Waals surface area contributed by atoms with Crippen LogP contribution < -0.4 is 16.6 Å². The number of hydrogen-bond acceptors (Lipinski definition) is 4. The lowest BCUT2D eigenvalue weighted by Crippen LogP contribution is -2.24. The summed E-state index contributed by atoms with van der Waals surface area (Å²) in [4.78, 5) is 35.7. The van der Waals surface area contributed by atoms with Gasteiger partial charge in [-0.1, -0.05) is 28.9 Å². The van der Waals surface area contributed by atoms with Crippen LogP contribution in [0.5, 0.6) is 0 Å². The van der Waals surface area contributed by atoms with Crippen LogP contribution in [0.1, 0.15) is 33.2 Å². The van der Waals surface area contributed by atoms with E-state index >= 15 is 0 Å². The standard InChI is InChI=1S/C15H12BrN3O3/c1-2-7-3-4-8(5-10(7)16)19-11(20)6-9-12(13(19)17)15(22)18-14(9)21/h3-6H,2,17H2,1H3,(H,18,21,22). The van der Waals surface area contributed by atoms with Gasteiger partial charge in [-0.25, -0.2) is 0 Å². The minimum Gasteiger partial charge on any atom is -0.384 e. The normalized spacial score (nSPS) is 13.2. The Morgan fingerprint density at radius 2 is 1.91 bits per heavy atom. The van der Waals surface area contributed by atoms with Crippen LogP contribution in [-0.4, -0.2) is 16.4 Å². The fourth-order valence-electron chi connectivity index (χ4n) is 2.51. The Hall–Kier alpha value is -2.41. The SMILES string of the molecule is CCc1ccc(-n2c(N)c3c(cc2=O)C(=O)NC3=O)cc1Br. The molecule has 0 unspecified atom stereocenters. The van der Waals surface area contributed by atoms with Crippen LogP contribution in [0.3, 0.4) is 0 Å². The van der Waals surface area contributed by atoms with Gasteiger partial charge in [0.05, 0.1) is 16.8 Å². The van der Waals surface area contributed by atoms with Gasteiger partial charge in [0.15, 0.2) is 0 Å². The summed E-state index contributed by atoms with van der Waals surface area (Å²) in [5.41, 5.74) is 7.19. The van der Waals surface area contributed by atoms with Gasteiger partial charge >= 0.3 is 0 Å². The fourth-order valence-corrected chi connectivity index (χ4v) is 3.15. The molecule has 0 saturated heterocycles. The third-order valence-corrected chi connectivity index (χ3v) is 4.37. The van der Waals surface area contributed by atoms with Gasteiger partial charge in [0.25, 0.3) is 17.4 Å². The molecule has 0 spiro atoms. The van der Waals surface area contributed by atoms with Crippen molar-refractivity contribution in [3.63, 3.8) is 0 Å². The Morgan fingerprint density at radius 3 is 2.55 bits per heavy atom. The molecule has 0 saturated carbocycles. The lowest BCUT2D eigenvalue weighted by atomic mass is 10.1. The number of nitrogens with two attached hydrogens (primary N) is 1. The molecule has 6 nitrogen and oxygen atoms in total. The van der Waals surface area contributed by atoms with Gasteiger partial charge in [-0.2, -0.15) is 0 Å². The molecule has 0 fully saturated rings. The molecular weight excluding hydrogens is 350 g/mol. The number of hydrogen-bond donors (Lipinski definition) is 2. The summed E-state index contributed by atoms with van der Waals surface area (Å²) in [6.45, 7) is 2.02. The number of nitrogens with one attached hydrogen (secondary N) is 1. The average molecular weight is 362 g/mol. The number of rotatable bonds is 2. The Balaban J connectivity index is 2.27. The minimum absolute atomic E-state index is 0.0213. The molecule has 0 bridgehead atoms. The van der Waals surface area contributed by atoms with E-state index in [1.165, 1.54) is 4.57 Å². The highest BCUT2D eigenvalue weighted by molar-refractivity contribution is 9.10. The molecule has 2 amide bonds. The van der Waals surface area contributed by atoms with Crippen molar-refractivity contribution in [2.24, 2.45) is 0 Å². The van der Waals surface area contributed by atoms with Crippen molar-refractivity contribution in [3.05, 3.63) is 55.8 Å². The number of halogens is 1. The third-order valence-electron chi connectivity index (χ3n) is 3.63. The summed E-state index contributed by atoms with van der Waals surface area (Å²) < 4.78 is 2.07. The maximum atomic E-state index is 12.3. The van der Waals surface area contributed by atoms with Gasteiger partial charge in [0, 0.05) is 10.5 Å². The van der Waals surface area contributed by atoms with Crippen LogP contribution in [0.15, 0.2) is 33.5 Å². The molecule has 1 aromatic heterocycles. The zero-order valence-electron chi connectivity index (χ0n) is 11.6. The first kappa shape index (κ1) is 14.5. The first-order chi connectivity index (χ1) is 10.4. The molecule has 22 heavy (non-hydrogen) atoms. The van der Waals surface area contributed by atoms with Crippen molar-refractivity contribution < 1.29 is 9.59 Å². The molecule has 3 rings (SSSR count). The molecular formula is C15H12BrN3O3. The third kappa shape index (κ3) is 2.05. The number of carbonyl (C=O) groups excluding carboxylic acids is 2. The number of imide groups is 1. The summed E-state index contributed by atoms with van der Waals surface area (Å²) >= 11 is 3.45. The summed E-state index contributed by atoms with van der Waals surface area (Å²) in [5, 5.41) is 2.14. The quantitative estimate of drug-likeness (QED) is 0.794. The Morgan fingerprint density at radius 1 is 1.18 bits per heavy atom. The van der Waals surface area contributed by atoms with Crippen molar-refractivity contribution >= 4 is 33.6 Å². The van der Waals surface area contributed by atoms with E-state index in [1.54, 1.807) is 12.1 Å². The van der Waals surface area contributed by atoms with Gasteiger partial charge in [-0.15, -0.1) is 0 Å². The second-order valence-electron chi connectivity index (χ2n) is 4.90. The van der Waals surface area contributed by atoms with Crippen molar-refractivity contribution in [2.45, 2.75) is 13.3 Å². The van der Waals surface area contributed by atoms with Gasteiger partial charge in [0.2, 0.25) is 0 Å². The van der Waals surface area contributed by atoms with Gasteiger partial charge in [0.1, 0.15) is 5.82 Å². The number of benzene rings is 1. The van der Waals surface area contributed by atoms with Crippen LogP contribution >= 0.6 is 15.9 Å². The number of nitrogens with zero attached hydrogens (tertiary/aromatic N) is 1. The molecule has 7 heteroatoms. The zero-order valence-corrected chi connectivity index (χ0v) is 13.2. The van der Waals surface area contributed by atoms with Crippen LogP contribution in [0.2, 0.25) is 0 Å². The number of pyridine rings is 1. The second-order valence-corrected chi connectivity index (χ2v) is 5.76. The van der Waals surface area contributed by atoms with E-state index in [4.69, 9.17) is 5.73 Å². The molecule has 0 atom stereocenters. The van der Waals surface area contributed by atoms with Crippen molar-refractivity contribution in [1.29, 1.82) is 0 Å². The highest BCUT2D eigenvalue weighted by Gasteiger charge is 2.31. The molecule has 1 aliphatic heterocycles. The number of fused-ring (bicyclic) bond motifs is 1. The second kappa shape index (κ2) is 5.10. The fraction of sp³-hybridized carbons (Fsp3) is 0.133. The van der Waals surface area contributed by atoms with Crippen molar-refractivity contribution in [3.8, 4) is 5.69 Å². The van der Waals surface area contributed by atoms with E-state index in [2.05, 4.69) is 21.2 Å². The van der Waals surface area contributed by atoms with E-state index in [0.29, 0.717) is 5.69 Å². The Bertz CT molecular complexity index is 886. The van der Waals surface area contributed by atoms with Crippen molar-refractivity contribution in [1.82, 2.24) is 9.88 Å². The van der Waals surface area contributed by atoms with Crippen LogP contribution in [0, 0.1) is 0 Å². The summed E-state index contributed by atoms with van der Waals surface area (Å²) in [6, 6.07) is 6.53. The van der Waals surface area contributed by atoms with Crippen LogP contribution in [0.4, 0.5) is 5.82 Å². The maximum absolute atomic E-state index is 12.3. The predicted molar refractivity (Wildman–Crippen MR) is 85.3 cm³/mol. The van der Waals surface area contributed by atoms with Gasteiger partial charge in [-0.05, 0) is 24.1 Å². The largest absolute Gasteiger partial charge is 0.384 e. The topological polar surface area (TPSA) is 94.2 Å². The summed E-state index contributed by atoms with van der Waals surface area (Å²) in [5.74, 6) is -1.23. The first-order valence-electron chi connectivity index (χ1n) is 6.64. The highest BCUT2D eigenvalue weighted by atomic mass is 79.9. The average Bonchev–Trinajstić information content (AvgIpc) is 2.74. The number of nitrogen functional groups attached to an aromatic ring is 1. The number of anilines is 1. The van der Waals surface area contributed by atoms with Crippen LogP contribution in [0.25, 0.3) is 5.69 Å². The number of aromatic nitrogens is 1. The molecule has 2 aromatic rings. The summed E-state index contributed by atoms with van der Waals surface area (Å²) in [7, 11) is 0. The summed E-state index contributed by atoms with van der Waals surface area (Å²) in [6.07, 6.45) is 0.840. The number of aryl methyl sites for hydroxylation is 1. The Labute approximate surface area is 134 Å². The first-order valence-corrected chi connectivity index (χ1v) is 7.43. The zero-order chi connectivity index (χ0) is 16.0. The lowest BCUT2D eigenvalue weighted by molar-refractivity contribution is 0.0880. The molecule has 3 N–H and O–H groups in total. The molecule has 112 valence electrons. The lowest BCUT2D eigenvalue weighted by Gasteiger charge is -2.13. The number of amides is 2. The van der Waals surface area contributed by atoms with Crippen molar-refractivity contribution in [2.75, 3.05) is 5.73 Å². The smallest absolute Gasteiger partial charge is 0.262 e. The van der Waals surface area contributed by atoms with E-state index in [0.717, 1.165) is 22.5 Å². The van der Waals surface area contributed by atoms with E-state index in [-0.39, 0.29) is 16.9 Å². The van der Waals surface area contributed by atoms with Crippen LogP contribution in [-0.2, 0) is 6.42 Å². The number of carbonyl (C=O) groups is 2. The van der Waals surface area contributed by atoms with E-state index in [9.17, 15) is 14.4 Å². The predicted octanol–water partition coefficient (Wildman–Crippen LogP) is 1.63. The molecule has 1 aliphatic rings. The molecule has 0 radical (unpaired) electrons.